The number of benzene rings is 2. The van der Waals surface area contributed by atoms with Crippen molar-refractivity contribution in [3.63, 3.8) is 0 Å². The third-order valence-corrected chi connectivity index (χ3v) is 8.11. The predicted molar refractivity (Wildman–Crippen MR) is 145 cm³/mol. The molecule has 196 valence electrons. The molecule has 1 aliphatic carbocycles. The van der Waals surface area contributed by atoms with Gasteiger partial charge in [0.1, 0.15) is 17.8 Å². The molecule has 1 aliphatic heterocycles. The highest BCUT2D eigenvalue weighted by atomic mass is 16.5. The van der Waals surface area contributed by atoms with Gasteiger partial charge >= 0.3 is 0 Å². The van der Waals surface area contributed by atoms with E-state index in [1.807, 2.05) is 31.1 Å². The van der Waals surface area contributed by atoms with Gasteiger partial charge in [-0.25, -0.2) is 9.97 Å². The summed E-state index contributed by atoms with van der Waals surface area (Å²) in [6.07, 6.45) is 9.23. The molecule has 2 aromatic carbocycles. The topological polar surface area (TPSA) is 76.6 Å². The maximum absolute atomic E-state index is 13.4. The summed E-state index contributed by atoms with van der Waals surface area (Å²) in [7, 11) is 3.50. The van der Waals surface area contributed by atoms with Gasteiger partial charge in [-0.1, -0.05) is 37.1 Å². The van der Waals surface area contributed by atoms with Gasteiger partial charge in [-0.3, -0.25) is 4.79 Å². The number of carbonyl (C=O) groups is 1. The van der Waals surface area contributed by atoms with Crippen LogP contribution >= 0.6 is 0 Å². The lowest BCUT2D eigenvalue weighted by Gasteiger charge is -2.38. The van der Waals surface area contributed by atoms with Gasteiger partial charge in [-0.2, -0.15) is 0 Å². The third kappa shape index (κ3) is 5.78. The first-order chi connectivity index (χ1) is 18.1. The zero-order valence-corrected chi connectivity index (χ0v) is 22.2. The molecule has 0 radical (unpaired) electrons. The molecule has 2 aliphatic rings. The van der Waals surface area contributed by atoms with E-state index in [1.54, 1.807) is 7.11 Å². The van der Waals surface area contributed by atoms with Crippen molar-refractivity contribution in [3.8, 4) is 5.75 Å². The zero-order valence-electron chi connectivity index (χ0n) is 22.2. The second-order valence-electron chi connectivity index (χ2n) is 10.4. The quantitative estimate of drug-likeness (QED) is 0.505. The minimum absolute atomic E-state index is 0.0117. The van der Waals surface area contributed by atoms with E-state index in [1.165, 1.54) is 25.6 Å². The molecule has 7 nitrogen and oxygen atoms in total. The van der Waals surface area contributed by atoms with Crippen LogP contribution in [0.1, 0.15) is 65.8 Å². The average molecular weight is 503 g/mol. The van der Waals surface area contributed by atoms with Crippen LogP contribution in [0.2, 0.25) is 0 Å². The summed E-state index contributed by atoms with van der Waals surface area (Å²) in [5.41, 5.74) is 3.44. The molecular formula is C30H38N4O3. The van der Waals surface area contributed by atoms with E-state index >= 15 is 0 Å². The van der Waals surface area contributed by atoms with Crippen molar-refractivity contribution in [2.24, 2.45) is 0 Å². The molecule has 2 fully saturated rings. The van der Waals surface area contributed by atoms with E-state index in [2.05, 4.69) is 39.6 Å². The lowest BCUT2D eigenvalue weighted by Crippen LogP contribution is -2.52. The lowest BCUT2D eigenvalue weighted by molar-refractivity contribution is 0.0329. The summed E-state index contributed by atoms with van der Waals surface area (Å²) >= 11 is 0. The number of likely N-dealkylation sites (tertiary alicyclic amines) is 1. The Kier molecular flexibility index (Phi) is 8.01. The van der Waals surface area contributed by atoms with Crippen molar-refractivity contribution in [1.82, 2.24) is 20.2 Å². The monoisotopic (exact) mass is 502 g/mol. The molecule has 1 N–H and O–H groups in total. The van der Waals surface area contributed by atoms with Crippen LogP contribution in [-0.4, -0.2) is 66.3 Å². The van der Waals surface area contributed by atoms with Gasteiger partial charge in [0.15, 0.2) is 0 Å². The van der Waals surface area contributed by atoms with E-state index in [9.17, 15) is 4.79 Å². The molecule has 1 aromatic heterocycles. The molecule has 3 aromatic rings. The zero-order chi connectivity index (χ0) is 25.8. The Morgan fingerprint density at radius 3 is 2.54 bits per heavy atom. The fourth-order valence-corrected chi connectivity index (χ4v) is 5.86. The maximum Gasteiger partial charge on any atom is 0.272 e. The summed E-state index contributed by atoms with van der Waals surface area (Å²) in [6, 6.07) is 13.3. The predicted octanol–water partition coefficient (Wildman–Crippen LogP) is 4.69. The fourth-order valence-electron chi connectivity index (χ4n) is 5.86. The second-order valence-corrected chi connectivity index (χ2v) is 10.4. The number of nitrogens with one attached hydrogen (secondary N) is 1. The number of amides is 1. The van der Waals surface area contributed by atoms with E-state index in [4.69, 9.17) is 9.47 Å². The SMILES string of the molecule is COc1ccc2cc(Cc3ncnc(C(=O)N4CCC(N[C@H]5CCCC[C@H]5OC)CC4)c3C)ccc2c1. The van der Waals surface area contributed by atoms with Gasteiger partial charge in [0.2, 0.25) is 0 Å². The summed E-state index contributed by atoms with van der Waals surface area (Å²) in [4.78, 5) is 24.3. The van der Waals surface area contributed by atoms with Crippen molar-refractivity contribution < 1.29 is 14.3 Å². The summed E-state index contributed by atoms with van der Waals surface area (Å²) < 4.78 is 11.1. The van der Waals surface area contributed by atoms with Crippen molar-refractivity contribution in [2.45, 2.75) is 70.1 Å². The minimum atomic E-state index is 0.0117. The normalized spacial score (nSPS) is 20.8. The largest absolute Gasteiger partial charge is 0.497 e. The highest BCUT2D eigenvalue weighted by Gasteiger charge is 2.30. The minimum Gasteiger partial charge on any atom is -0.497 e. The van der Waals surface area contributed by atoms with Crippen LogP contribution < -0.4 is 10.1 Å². The van der Waals surface area contributed by atoms with Crippen LogP contribution in [0.3, 0.4) is 0 Å². The molecule has 0 bridgehead atoms. The number of nitrogens with zero attached hydrogens (tertiary/aromatic N) is 3. The van der Waals surface area contributed by atoms with Crippen molar-refractivity contribution in [3.05, 3.63) is 65.2 Å². The van der Waals surface area contributed by atoms with Gasteiger partial charge in [-0.05, 0) is 61.1 Å². The summed E-state index contributed by atoms with van der Waals surface area (Å²) in [5, 5.41) is 6.12. The van der Waals surface area contributed by atoms with Gasteiger partial charge < -0.3 is 19.7 Å². The molecule has 37 heavy (non-hydrogen) atoms. The van der Waals surface area contributed by atoms with Gasteiger partial charge in [0.05, 0.1) is 18.9 Å². The number of fused-ring (bicyclic) bond motifs is 1. The Balaban J connectivity index is 1.23. The molecule has 2 atom stereocenters. The van der Waals surface area contributed by atoms with Crippen molar-refractivity contribution >= 4 is 16.7 Å². The number of hydrogen-bond acceptors (Lipinski definition) is 6. The molecule has 1 saturated heterocycles. The van der Waals surface area contributed by atoms with Crippen molar-refractivity contribution in [1.29, 1.82) is 0 Å². The third-order valence-electron chi connectivity index (χ3n) is 8.11. The standard InChI is InChI=1S/C30H38N4O3/c1-20-27(17-21-8-9-23-18-25(36-2)11-10-22(23)16-21)31-19-32-29(20)30(35)34-14-12-24(13-15-34)33-26-6-4-5-7-28(26)37-3/h8-11,16,18-19,24,26,28,33H,4-7,12-15,17H2,1-3H3/t26-,28+/m0/s1. The lowest BCUT2D eigenvalue weighted by atomic mass is 9.90. The van der Waals surface area contributed by atoms with Crippen LogP contribution in [-0.2, 0) is 11.2 Å². The summed E-state index contributed by atoms with van der Waals surface area (Å²) in [6.45, 7) is 3.46. The van der Waals surface area contributed by atoms with Crippen LogP contribution in [0.25, 0.3) is 10.8 Å². The second kappa shape index (κ2) is 11.6. The van der Waals surface area contributed by atoms with E-state index in [0.29, 0.717) is 30.3 Å². The Morgan fingerprint density at radius 1 is 1.00 bits per heavy atom. The maximum atomic E-state index is 13.4. The van der Waals surface area contributed by atoms with Crippen LogP contribution in [0.4, 0.5) is 0 Å². The van der Waals surface area contributed by atoms with E-state index < -0.39 is 0 Å². The number of ether oxygens (including phenoxy) is 2. The number of aromatic nitrogens is 2. The first-order valence-electron chi connectivity index (χ1n) is 13.5. The Morgan fingerprint density at radius 2 is 1.76 bits per heavy atom. The Hall–Kier alpha value is -3.03. The molecule has 1 saturated carbocycles. The highest BCUT2D eigenvalue weighted by Crippen LogP contribution is 2.25. The number of hydrogen-bond donors (Lipinski definition) is 1. The number of methoxy groups -OCH3 is 2. The van der Waals surface area contributed by atoms with E-state index in [0.717, 1.165) is 65.7 Å². The van der Waals surface area contributed by atoms with Crippen LogP contribution in [0.15, 0.2) is 42.7 Å². The number of carbonyl (C=O) groups excluding carboxylic acids is 1. The van der Waals surface area contributed by atoms with Gasteiger partial charge in [0.25, 0.3) is 5.91 Å². The molecule has 0 spiro atoms. The average Bonchev–Trinajstić information content (AvgIpc) is 2.94. The molecule has 1 amide bonds. The summed E-state index contributed by atoms with van der Waals surface area (Å²) in [5.74, 6) is 0.862. The Bertz CT molecular complexity index is 1240. The fraction of sp³-hybridized carbons (Fsp3) is 0.500. The highest BCUT2D eigenvalue weighted by molar-refractivity contribution is 5.94. The first kappa shape index (κ1) is 25.6. The van der Waals surface area contributed by atoms with Crippen molar-refractivity contribution in [2.75, 3.05) is 27.3 Å². The molecule has 0 unspecified atom stereocenters. The molecule has 5 rings (SSSR count). The number of piperidine rings is 1. The smallest absolute Gasteiger partial charge is 0.272 e. The van der Waals surface area contributed by atoms with Gasteiger partial charge in [-0.15, -0.1) is 0 Å². The van der Waals surface area contributed by atoms with Gasteiger partial charge in [0, 0.05) is 44.3 Å². The number of rotatable bonds is 7. The molecule has 7 heteroatoms. The van der Waals surface area contributed by atoms with Crippen LogP contribution in [0, 0.1) is 6.92 Å². The Labute approximate surface area is 219 Å². The first-order valence-corrected chi connectivity index (χ1v) is 13.5. The van der Waals surface area contributed by atoms with Crippen LogP contribution in [0.5, 0.6) is 5.75 Å². The van der Waals surface area contributed by atoms with E-state index in [-0.39, 0.29) is 5.91 Å². The molecular weight excluding hydrogens is 464 g/mol. The molecule has 2 heterocycles.